The summed E-state index contributed by atoms with van der Waals surface area (Å²) in [4.78, 5) is 23.1. The number of hydrogen-bond donors (Lipinski definition) is 2. The Labute approximate surface area is 105 Å². The Morgan fingerprint density at radius 3 is 2.00 bits per heavy atom. The minimum atomic E-state index is -0.467. The van der Waals surface area contributed by atoms with E-state index in [0.29, 0.717) is 11.4 Å². The highest BCUT2D eigenvalue weighted by Gasteiger charge is 2.24. The summed E-state index contributed by atoms with van der Waals surface area (Å²) in [6, 6.07) is 9.31. The van der Waals surface area contributed by atoms with Gasteiger partial charge in [0.05, 0.1) is 0 Å². The van der Waals surface area contributed by atoms with Crippen LogP contribution in [0.5, 0.6) is 0 Å². The smallest absolute Gasteiger partial charge is 0.253 e. The summed E-state index contributed by atoms with van der Waals surface area (Å²) >= 11 is 0. The zero-order valence-corrected chi connectivity index (χ0v) is 10.7. The fourth-order valence-corrected chi connectivity index (χ4v) is 1.67. The van der Waals surface area contributed by atoms with Crippen LogP contribution in [0.15, 0.2) is 39.9 Å². The number of para-hydroxylation sites is 1. The van der Waals surface area contributed by atoms with Crippen LogP contribution in [0, 0.1) is 0 Å². The van der Waals surface area contributed by atoms with Gasteiger partial charge in [0.15, 0.2) is 0 Å². The van der Waals surface area contributed by atoms with Gasteiger partial charge in [-0.05, 0) is 32.9 Å². The summed E-state index contributed by atoms with van der Waals surface area (Å²) in [5.74, 6) is 0. The lowest BCUT2D eigenvalue weighted by Crippen LogP contribution is -2.41. The quantitative estimate of drug-likeness (QED) is 0.813. The predicted octanol–water partition coefficient (Wildman–Crippen LogP) is 2.24. The first-order valence-electron chi connectivity index (χ1n) is 5.82. The molecule has 0 saturated carbocycles. The van der Waals surface area contributed by atoms with Crippen molar-refractivity contribution in [2.75, 3.05) is 10.6 Å². The molecule has 0 fully saturated rings. The van der Waals surface area contributed by atoms with E-state index in [1.165, 1.54) is 0 Å². The van der Waals surface area contributed by atoms with Crippen LogP contribution in [0.4, 0.5) is 17.1 Å². The topological polar surface area (TPSA) is 58.2 Å². The summed E-state index contributed by atoms with van der Waals surface area (Å²) in [5.41, 5.74) is 0.336. The lowest BCUT2D eigenvalue weighted by atomic mass is 10.1. The largest absolute Gasteiger partial charge is 0.375 e. The molecule has 0 aliphatic carbocycles. The van der Waals surface area contributed by atoms with Crippen molar-refractivity contribution in [1.29, 1.82) is 0 Å². The number of hydrogen-bond acceptors (Lipinski definition) is 4. The molecule has 2 aromatic rings. The van der Waals surface area contributed by atoms with E-state index < -0.39 is 10.9 Å². The third-order valence-electron chi connectivity index (χ3n) is 2.45. The second-order valence-electron chi connectivity index (χ2n) is 5.27. The van der Waals surface area contributed by atoms with Crippen molar-refractivity contribution in [3.05, 3.63) is 50.8 Å². The van der Waals surface area contributed by atoms with Crippen molar-refractivity contribution >= 4 is 17.1 Å². The van der Waals surface area contributed by atoms with E-state index in [2.05, 4.69) is 10.6 Å². The van der Waals surface area contributed by atoms with E-state index in [0.717, 1.165) is 5.69 Å². The number of rotatable bonds is 3. The summed E-state index contributed by atoms with van der Waals surface area (Å²) in [6.45, 7) is 5.82. The Morgan fingerprint density at radius 1 is 0.889 bits per heavy atom. The van der Waals surface area contributed by atoms with E-state index in [-0.39, 0.29) is 5.54 Å². The number of anilines is 3. The van der Waals surface area contributed by atoms with Crippen molar-refractivity contribution in [3.8, 4) is 0 Å². The second kappa shape index (κ2) is 4.29. The highest BCUT2D eigenvalue weighted by molar-refractivity contribution is 5.79. The molecule has 0 aliphatic heterocycles. The van der Waals surface area contributed by atoms with Crippen molar-refractivity contribution < 1.29 is 0 Å². The van der Waals surface area contributed by atoms with Gasteiger partial charge in [-0.25, -0.2) is 0 Å². The molecule has 0 radical (unpaired) electrons. The monoisotopic (exact) mass is 244 g/mol. The van der Waals surface area contributed by atoms with E-state index in [9.17, 15) is 9.59 Å². The molecule has 94 valence electrons. The molecular weight excluding hydrogens is 228 g/mol. The molecule has 0 saturated heterocycles. The van der Waals surface area contributed by atoms with Crippen molar-refractivity contribution in [2.45, 2.75) is 26.3 Å². The van der Waals surface area contributed by atoms with Gasteiger partial charge in [-0.3, -0.25) is 9.59 Å². The van der Waals surface area contributed by atoms with Gasteiger partial charge >= 0.3 is 0 Å². The van der Waals surface area contributed by atoms with E-state index in [1.807, 2.05) is 51.1 Å². The maximum absolute atomic E-state index is 11.6. The van der Waals surface area contributed by atoms with Crippen LogP contribution in [0.3, 0.4) is 0 Å². The predicted molar refractivity (Wildman–Crippen MR) is 74.5 cm³/mol. The van der Waals surface area contributed by atoms with Gasteiger partial charge in [0, 0.05) is 11.2 Å². The third kappa shape index (κ3) is 2.42. The van der Waals surface area contributed by atoms with Crippen LogP contribution in [0.1, 0.15) is 20.8 Å². The van der Waals surface area contributed by atoms with Crippen LogP contribution in [0.25, 0.3) is 0 Å². The Balaban J connectivity index is 2.27. The lowest BCUT2D eigenvalue weighted by molar-refractivity contribution is 0.632. The van der Waals surface area contributed by atoms with Gasteiger partial charge in [-0.15, -0.1) is 0 Å². The number of benzene rings is 1. The van der Waals surface area contributed by atoms with Crippen molar-refractivity contribution in [1.82, 2.24) is 0 Å². The molecule has 4 nitrogen and oxygen atoms in total. The molecule has 0 aliphatic rings. The van der Waals surface area contributed by atoms with Gasteiger partial charge in [-0.1, -0.05) is 18.2 Å². The Morgan fingerprint density at radius 2 is 1.44 bits per heavy atom. The maximum atomic E-state index is 11.6. The minimum Gasteiger partial charge on any atom is -0.375 e. The fourth-order valence-electron chi connectivity index (χ4n) is 1.67. The van der Waals surface area contributed by atoms with Crippen LogP contribution in [0.2, 0.25) is 0 Å². The summed E-state index contributed by atoms with van der Waals surface area (Å²) in [7, 11) is 0. The fraction of sp³-hybridized carbons (Fsp3) is 0.286. The Bertz CT molecular complexity index is 617. The van der Waals surface area contributed by atoms with Gasteiger partial charge in [0.25, 0.3) is 10.9 Å². The molecular formula is C14H16N2O2. The van der Waals surface area contributed by atoms with E-state index >= 15 is 0 Å². The van der Waals surface area contributed by atoms with Gasteiger partial charge in [-0.2, -0.15) is 0 Å². The highest BCUT2D eigenvalue weighted by atomic mass is 16.2. The lowest BCUT2D eigenvalue weighted by Gasteiger charge is -2.24. The minimum absolute atomic E-state index is 0.255. The average Bonchev–Trinajstić information content (AvgIpc) is 2.33. The number of nitrogens with one attached hydrogen (secondary N) is 2. The second-order valence-corrected chi connectivity index (χ2v) is 5.27. The van der Waals surface area contributed by atoms with Gasteiger partial charge < -0.3 is 10.6 Å². The Kier molecular flexibility index (Phi) is 2.95. The molecule has 0 unspecified atom stereocenters. The van der Waals surface area contributed by atoms with Gasteiger partial charge in [0.2, 0.25) is 0 Å². The molecule has 0 bridgehead atoms. The standard InChI is InChI=1S/C14H16N2O2/c1-14(2,3)16-11-10(12(17)13(11)18)15-9-7-5-4-6-8-9/h4-8,15-16H,1-3H3. The molecule has 0 spiro atoms. The first kappa shape index (κ1) is 12.4. The molecule has 0 atom stereocenters. The van der Waals surface area contributed by atoms with Crippen LogP contribution in [-0.4, -0.2) is 5.54 Å². The summed E-state index contributed by atoms with van der Waals surface area (Å²) in [5, 5.41) is 6.03. The van der Waals surface area contributed by atoms with Crippen LogP contribution < -0.4 is 21.5 Å². The Hall–Kier alpha value is -2.10. The zero-order valence-electron chi connectivity index (χ0n) is 10.7. The van der Waals surface area contributed by atoms with Crippen LogP contribution in [-0.2, 0) is 0 Å². The molecule has 2 rings (SSSR count). The van der Waals surface area contributed by atoms with E-state index in [4.69, 9.17) is 0 Å². The van der Waals surface area contributed by atoms with E-state index in [1.54, 1.807) is 0 Å². The maximum Gasteiger partial charge on any atom is 0.253 e. The average molecular weight is 244 g/mol. The zero-order chi connectivity index (χ0) is 13.3. The molecule has 0 heterocycles. The van der Waals surface area contributed by atoms with Crippen molar-refractivity contribution in [2.24, 2.45) is 0 Å². The van der Waals surface area contributed by atoms with Crippen molar-refractivity contribution in [3.63, 3.8) is 0 Å². The third-order valence-corrected chi connectivity index (χ3v) is 2.45. The molecule has 0 amide bonds. The molecule has 18 heavy (non-hydrogen) atoms. The first-order valence-corrected chi connectivity index (χ1v) is 5.82. The first-order chi connectivity index (χ1) is 8.38. The summed E-state index contributed by atoms with van der Waals surface area (Å²) < 4.78 is 0. The molecule has 0 aromatic heterocycles. The SMILES string of the molecule is CC(C)(C)Nc1c(Nc2ccccc2)c(=O)c1=O. The highest BCUT2D eigenvalue weighted by Crippen LogP contribution is 2.23. The summed E-state index contributed by atoms with van der Waals surface area (Å²) in [6.07, 6.45) is 0. The molecule has 2 aromatic carbocycles. The molecule has 4 heteroatoms. The normalized spacial score (nSPS) is 11.5. The van der Waals surface area contributed by atoms with Gasteiger partial charge in [0.1, 0.15) is 11.4 Å². The van der Waals surface area contributed by atoms with Crippen LogP contribution >= 0.6 is 0 Å². The molecule has 2 N–H and O–H groups in total.